The van der Waals surface area contributed by atoms with Gasteiger partial charge < -0.3 is 5.11 Å². The fourth-order valence-electron chi connectivity index (χ4n) is 4.86. The first-order valence-corrected chi connectivity index (χ1v) is 14.1. The van der Waals surface area contributed by atoms with Gasteiger partial charge in [0.25, 0.3) is 0 Å². The van der Waals surface area contributed by atoms with E-state index in [2.05, 4.69) is 27.7 Å². The molecule has 0 saturated heterocycles. The van der Waals surface area contributed by atoms with Gasteiger partial charge in [0.15, 0.2) is 0 Å². The smallest absolute Gasteiger partial charge is 0.333 e. The molecule has 0 saturated carbocycles. The summed E-state index contributed by atoms with van der Waals surface area (Å²) in [5.41, 5.74) is 4.65. The Hall–Kier alpha value is -3.22. The van der Waals surface area contributed by atoms with E-state index in [1.54, 1.807) is 30.3 Å². The topological polar surface area (TPSA) is 74.7 Å². The van der Waals surface area contributed by atoms with Gasteiger partial charge in [-0.3, -0.25) is 0 Å². The summed E-state index contributed by atoms with van der Waals surface area (Å²) >= 11 is 0. The van der Waals surface area contributed by atoms with Gasteiger partial charge >= 0.3 is 5.97 Å². The summed E-state index contributed by atoms with van der Waals surface area (Å²) < 4.78 is 30.0. The van der Waals surface area contributed by atoms with Crippen LogP contribution in [0.1, 0.15) is 74.0 Å². The Morgan fingerprint density at radius 1 is 0.919 bits per heavy atom. The molecule has 3 aromatic rings. The normalized spacial score (nSPS) is 18.9. The Labute approximate surface area is 220 Å². The summed E-state index contributed by atoms with van der Waals surface area (Å²) in [7, 11) is -4.06. The number of hydrogen-bond donors (Lipinski definition) is 1. The number of carbonyl (C=O) groups is 1. The molecule has 0 aliphatic carbocycles. The first kappa shape index (κ1) is 26.8. The molecule has 0 radical (unpaired) electrons. The van der Waals surface area contributed by atoms with Gasteiger partial charge in [-0.15, -0.1) is 0 Å². The van der Waals surface area contributed by atoms with E-state index in [0.29, 0.717) is 5.56 Å². The van der Waals surface area contributed by atoms with E-state index in [1.807, 2.05) is 55.5 Å². The number of benzene rings is 3. The van der Waals surface area contributed by atoms with Gasteiger partial charge in [0.1, 0.15) is 0 Å². The number of rotatable bonds is 6. The predicted octanol–water partition coefficient (Wildman–Crippen LogP) is 6.74. The van der Waals surface area contributed by atoms with Crippen LogP contribution in [-0.4, -0.2) is 23.8 Å². The third kappa shape index (κ3) is 5.41. The van der Waals surface area contributed by atoms with E-state index in [0.717, 1.165) is 28.7 Å². The Morgan fingerprint density at radius 2 is 1.49 bits per heavy atom. The lowest BCUT2D eigenvalue weighted by Gasteiger charge is -2.41. The highest BCUT2D eigenvalue weighted by molar-refractivity contribution is 7.89. The van der Waals surface area contributed by atoms with Crippen LogP contribution in [0.5, 0.6) is 0 Å². The maximum absolute atomic E-state index is 14.3. The average molecular weight is 518 g/mol. The number of sulfonamides is 1. The van der Waals surface area contributed by atoms with Crippen LogP contribution in [0.2, 0.25) is 0 Å². The Morgan fingerprint density at radius 3 is 2.00 bits per heavy atom. The van der Waals surface area contributed by atoms with Crippen molar-refractivity contribution in [3.8, 4) is 0 Å². The number of carboxylic acid groups (broad SMARTS) is 1. The molecular weight excluding hydrogens is 482 g/mol. The van der Waals surface area contributed by atoms with E-state index in [4.69, 9.17) is 0 Å². The van der Waals surface area contributed by atoms with E-state index in [-0.39, 0.29) is 22.3 Å². The molecule has 0 spiro atoms. The van der Waals surface area contributed by atoms with E-state index in [9.17, 15) is 18.3 Å². The molecule has 2 atom stereocenters. The Balaban J connectivity index is 1.93. The van der Waals surface area contributed by atoms with Crippen molar-refractivity contribution in [1.82, 2.24) is 4.31 Å². The van der Waals surface area contributed by atoms with Crippen molar-refractivity contribution in [2.75, 3.05) is 0 Å². The van der Waals surface area contributed by atoms with Gasteiger partial charge in [-0.2, -0.15) is 4.31 Å². The van der Waals surface area contributed by atoms with Crippen LogP contribution < -0.4 is 0 Å². The molecule has 1 aliphatic heterocycles. The standard InChI is InChI=1S/C31H35NO4S/c1-6-22-9-11-23(12-10-22)28-20-19-27(30(33)34)29(24-13-15-25(16-14-24)31(3,4)5)32(28)37(35,36)26-17-7-21(2)8-18-26/h7-19,28-29H,6,20H2,1-5H3,(H,33,34)/t28-,29-/m0/s1. The molecule has 3 aromatic carbocycles. The highest BCUT2D eigenvalue weighted by atomic mass is 32.2. The lowest BCUT2D eigenvalue weighted by molar-refractivity contribution is -0.133. The predicted molar refractivity (Wildman–Crippen MR) is 147 cm³/mol. The number of nitrogens with zero attached hydrogens (tertiary/aromatic N) is 1. The highest BCUT2D eigenvalue weighted by Gasteiger charge is 2.44. The quantitative estimate of drug-likeness (QED) is 0.393. The summed E-state index contributed by atoms with van der Waals surface area (Å²) in [6, 6.07) is 20.8. The van der Waals surface area contributed by atoms with Gasteiger partial charge in [-0.1, -0.05) is 100.0 Å². The largest absolute Gasteiger partial charge is 0.478 e. The minimum Gasteiger partial charge on any atom is -0.478 e. The van der Waals surface area contributed by atoms with Crippen molar-refractivity contribution in [3.63, 3.8) is 0 Å². The molecule has 0 aromatic heterocycles. The number of aryl methyl sites for hydroxylation is 2. The molecule has 194 valence electrons. The third-order valence-corrected chi connectivity index (χ3v) is 9.01. The molecular formula is C31H35NO4S. The summed E-state index contributed by atoms with van der Waals surface area (Å²) in [4.78, 5) is 12.6. The van der Waals surface area contributed by atoms with Crippen molar-refractivity contribution < 1.29 is 18.3 Å². The second-order valence-corrected chi connectivity index (χ2v) is 12.6. The Kier molecular flexibility index (Phi) is 7.45. The molecule has 1 N–H and O–H groups in total. The van der Waals surface area contributed by atoms with Crippen LogP contribution in [0.3, 0.4) is 0 Å². The lowest BCUT2D eigenvalue weighted by Crippen LogP contribution is -2.42. The SMILES string of the molecule is CCc1ccc([C@@H]2CC=C(C(=O)O)[C@H](c3ccc(C(C)(C)C)cc3)N2S(=O)(=O)c2ccc(C)cc2)cc1. The molecule has 0 bridgehead atoms. The fourth-order valence-corrected chi connectivity index (χ4v) is 6.64. The zero-order valence-electron chi connectivity index (χ0n) is 22.1. The maximum atomic E-state index is 14.3. The average Bonchev–Trinajstić information content (AvgIpc) is 2.87. The minimum absolute atomic E-state index is 0.0700. The van der Waals surface area contributed by atoms with E-state index < -0.39 is 28.1 Å². The van der Waals surface area contributed by atoms with Crippen molar-refractivity contribution in [2.45, 2.75) is 69.9 Å². The zero-order chi connectivity index (χ0) is 27.0. The number of aliphatic carboxylic acids is 1. The minimum atomic E-state index is -4.06. The van der Waals surface area contributed by atoms with Crippen LogP contribution in [-0.2, 0) is 26.7 Å². The van der Waals surface area contributed by atoms with Crippen LogP contribution in [0, 0.1) is 6.92 Å². The van der Waals surface area contributed by atoms with Crippen LogP contribution in [0.4, 0.5) is 0 Å². The molecule has 1 heterocycles. The van der Waals surface area contributed by atoms with Crippen LogP contribution in [0.25, 0.3) is 0 Å². The zero-order valence-corrected chi connectivity index (χ0v) is 22.9. The van der Waals surface area contributed by atoms with E-state index >= 15 is 0 Å². The molecule has 5 nitrogen and oxygen atoms in total. The summed E-state index contributed by atoms with van der Waals surface area (Å²) in [6.07, 6.45) is 2.83. The summed E-state index contributed by atoms with van der Waals surface area (Å²) in [6.45, 7) is 10.3. The van der Waals surface area contributed by atoms with Crippen molar-refractivity contribution in [3.05, 3.63) is 112 Å². The Bertz CT molecular complexity index is 1400. The molecule has 0 fully saturated rings. The van der Waals surface area contributed by atoms with Gasteiger partial charge in [-0.05, 0) is 59.6 Å². The molecule has 6 heteroatoms. The second kappa shape index (κ2) is 10.3. The molecule has 37 heavy (non-hydrogen) atoms. The van der Waals surface area contributed by atoms with Gasteiger partial charge in [0.05, 0.1) is 22.6 Å². The first-order valence-electron chi connectivity index (χ1n) is 12.7. The van der Waals surface area contributed by atoms with Crippen LogP contribution in [0.15, 0.2) is 89.3 Å². The van der Waals surface area contributed by atoms with Crippen molar-refractivity contribution in [1.29, 1.82) is 0 Å². The van der Waals surface area contributed by atoms with Gasteiger partial charge in [0, 0.05) is 0 Å². The summed E-state index contributed by atoms with van der Waals surface area (Å²) in [5.74, 6) is -1.12. The number of carboxylic acids is 1. The first-order chi connectivity index (χ1) is 17.4. The summed E-state index contributed by atoms with van der Waals surface area (Å²) in [5, 5.41) is 10.2. The molecule has 0 amide bonds. The van der Waals surface area contributed by atoms with Crippen molar-refractivity contribution in [2.24, 2.45) is 0 Å². The van der Waals surface area contributed by atoms with Crippen molar-refractivity contribution >= 4 is 16.0 Å². The second-order valence-electron chi connectivity index (χ2n) is 10.7. The monoisotopic (exact) mass is 517 g/mol. The molecule has 1 aliphatic rings. The van der Waals surface area contributed by atoms with Gasteiger partial charge in [-0.25, -0.2) is 13.2 Å². The van der Waals surface area contributed by atoms with Crippen LogP contribution >= 0.6 is 0 Å². The fraction of sp³-hybridized carbons (Fsp3) is 0.323. The maximum Gasteiger partial charge on any atom is 0.333 e. The molecule has 4 rings (SSSR count). The lowest BCUT2D eigenvalue weighted by atomic mass is 9.84. The number of hydrogen-bond acceptors (Lipinski definition) is 3. The highest BCUT2D eigenvalue weighted by Crippen LogP contribution is 2.46. The van der Waals surface area contributed by atoms with Gasteiger partial charge in [0.2, 0.25) is 10.0 Å². The van der Waals surface area contributed by atoms with E-state index in [1.165, 1.54) is 4.31 Å². The third-order valence-electron chi connectivity index (χ3n) is 7.13. The molecule has 0 unspecified atom stereocenters.